The van der Waals surface area contributed by atoms with Crippen molar-refractivity contribution in [1.82, 2.24) is 39.3 Å². The van der Waals surface area contributed by atoms with Crippen molar-refractivity contribution in [2.75, 3.05) is 0 Å². The van der Waals surface area contributed by atoms with Crippen molar-refractivity contribution < 1.29 is 9.53 Å². The van der Waals surface area contributed by atoms with Crippen LogP contribution in [-0.2, 0) is 24.9 Å². The lowest BCUT2D eigenvalue weighted by Gasteiger charge is -2.08. The van der Waals surface area contributed by atoms with E-state index in [4.69, 9.17) is 4.74 Å². The standard InChI is InChI=1S/C19H20N8O4/c1-3-4-9-26-16-15(17(28)22-19(26)30)25(2)14(21-16)10-31-18(29)12-7-5-6-8-13(12)27-11-20-23-24-27/h5-8,11H,3-4,9-10H2,1-2H3,(H,22,28,30). The summed E-state index contributed by atoms with van der Waals surface area (Å²) in [5.41, 5.74) is 0.201. The van der Waals surface area contributed by atoms with Gasteiger partial charge in [0.05, 0.1) is 11.3 Å². The zero-order valence-electron chi connectivity index (χ0n) is 17.0. The lowest BCUT2D eigenvalue weighted by molar-refractivity contribution is 0.0459. The lowest BCUT2D eigenvalue weighted by Crippen LogP contribution is -2.31. The van der Waals surface area contributed by atoms with Gasteiger partial charge >= 0.3 is 11.7 Å². The van der Waals surface area contributed by atoms with Gasteiger partial charge in [0.25, 0.3) is 5.56 Å². The SMILES string of the molecule is CCCCn1c(=O)[nH]c(=O)c2c1nc(COC(=O)c1ccccc1-n1cnnn1)n2C. The third-order valence-corrected chi connectivity index (χ3v) is 4.89. The molecule has 0 saturated carbocycles. The number of benzene rings is 1. The number of carbonyl (C=O) groups is 1. The van der Waals surface area contributed by atoms with E-state index in [0.717, 1.165) is 12.8 Å². The number of unbranched alkanes of at least 4 members (excludes halogenated alkanes) is 1. The van der Waals surface area contributed by atoms with Crippen molar-refractivity contribution in [2.45, 2.75) is 32.9 Å². The van der Waals surface area contributed by atoms with E-state index in [2.05, 4.69) is 25.5 Å². The molecule has 0 saturated heterocycles. The molecule has 1 aromatic carbocycles. The summed E-state index contributed by atoms with van der Waals surface area (Å²) >= 11 is 0. The minimum absolute atomic E-state index is 0.185. The quantitative estimate of drug-likeness (QED) is 0.424. The maximum absolute atomic E-state index is 12.7. The van der Waals surface area contributed by atoms with Crippen molar-refractivity contribution in [2.24, 2.45) is 7.05 Å². The number of aromatic nitrogens is 8. The Kier molecular flexibility index (Phi) is 5.43. The molecule has 160 valence electrons. The summed E-state index contributed by atoms with van der Waals surface area (Å²) in [7, 11) is 1.64. The van der Waals surface area contributed by atoms with Gasteiger partial charge in [0, 0.05) is 13.6 Å². The molecule has 0 spiro atoms. The number of carbonyl (C=O) groups excluding carboxylic acids is 1. The number of hydrogen-bond donors (Lipinski definition) is 1. The highest BCUT2D eigenvalue weighted by molar-refractivity contribution is 5.93. The number of rotatable bonds is 7. The van der Waals surface area contributed by atoms with Gasteiger partial charge in [-0.15, -0.1) is 5.10 Å². The molecule has 0 amide bonds. The van der Waals surface area contributed by atoms with Crippen LogP contribution in [0.1, 0.15) is 35.9 Å². The summed E-state index contributed by atoms with van der Waals surface area (Å²) in [6.45, 7) is 2.25. The first-order valence-electron chi connectivity index (χ1n) is 9.69. The van der Waals surface area contributed by atoms with E-state index in [1.807, 2.05) is 6.92 Å². The van der Waals surface area contributed by atoms with E-state index in [0.29, 0.717) is 18.1 Å². The van der Waals surface area contributed by atoms with E-state index in [1.165, 1.54) is 20.1 Å². The Morgan fingerprint density at radius 1 is 1.23 bits per heavy atom. The molecule has 3 aromatic heterocycles. The largest absolute Gasteiger partial charge is 0.454 e. The molecule has 3 heterocycles. The zero-order valence-corrected chi connectivity index (χ0v) is 17.0. The number of H-pyrrole nitrogens is 1. The van der Waals surface area contributed by atoms with E-state index in [-0.39, 0.29) is 23.3 Å². The molecule has 0 fully saturated rings. The molecule has 0 unspecified atom stereocenters. The maximum atomic E-state index is 12.7. The Morgan fingerprint density at radius 2 is 2.03 bits per heavy atom. The number of nitrogens with zero attached hydrogens (tertiary/aromatic N) is 7. The minimum atomic E-state index is -0.601. The van der Waals surface area contributed by atoms with E-state index < -0.39 is 17.2 Å². The summed E-state index contributed by atoms with van der Waals surface area (Å²) in [4.78, 5) is 44.0. The van der Waals surface area contributed by atoms with Crippen molar-refractivity contribution in [3.8, 4) is 5.69 Å². The number of para-hydroxylation sites is 1. The number of aromatic amines is 1. The molecule has 12 nitrogen and oxygen atoms in total. The number of aryl methyl sites for hydroxylation is 2. The second-order valence-electron chi connectivity index (χ2n) is 6.87. The predicted octanol–water partition coefficient (Wildman–Crippen LogP) is 0.556. The van der Waals surface area contributed by atoms with Crippen LogP contribution in [0.5, 0.6) is 0 Å². The second-order valence-corrected chi connectivity index (χ2v) is 6.87. The van der Waals surface area contributed by atoms with Crippen molar-refractivity contribution >= 4 is 17.1 Å². The number of ether oxygens (including phenoxy) is 1. The topological polar surface area (TPSA) is 143 Å². The van der Waals surface area contributed by atoms with E-state index >= 15 is 0 Å². The fourth-order valence-electron chi connectivity index (χ4n) is 3.27. The fourth-order valence-corrected chi connectivity index (χ4v) is 3.27. The third-order valence-electron chi connectivity index (χ3n) is 4.89. The van der Waals surface area contributed by atoms with Crippen LogP contribution in [0.15, 0.2) is 40.2 Å². The van der Waals surface area contributed by atoms with Crippen LogP contribution in [0.4, 0.5) is 0 Å². The number of tetrazole rings is 1. The Morgan fingerprint density at radius 3 is 2.77 bits per heavy atom. The molecule has 4 rings (SSSR count). The fraction of sp³-hybridized carbons (Fsp3) is 0.316. The number of nitrogens with one attached hydrogen (secondary N) is 1. The van der Waals surface area contributed by atoms with Crippen LogP contribution >= 0.6 is 0 Å². The molecule has 0 aliphatic carbocycles. The highest BCUT2D eigenvalue weighted by Gasteiger charge is 2.19. The lowest BCUT2D eigenvalue weighted by atomic mass is 10.2. The Bertz CT molecular complexity index is 1350. The first kappa shape index (κ1) is 20.2. The normalized spacial score (nSPS) is 11.2. The molecular formula is C19H20N8O4. The average Bonchev–Trinajstić information content (AvgIpc) is 3.40. The van der Waals surface area contributed by atoms with E-state index in [9.17, 15) is 14.4 Å². The molecule has 1 N–H and O–H groups in total. The molecule has 0 aliphatic heterocycles. The molecule has 4 aromatic rings. The van der Waals surface area contributed by atoms with Crippen LogP contribution in [0, 0.1) is 0 Å². The average molecular weight is 424 g/mol. The van der Waals surface area contributed by atoms with Gasteiger partial charge in [-0.2, -0.15) is 4.68 Å². The molecule has 0 aliphatic rings. The van der Waals surface area contributed by atoms with Gasteiger partial charge < -0.3 is 9.30 Å². The van der Waals surface area contributed by atoms with Crippen LogP contribution in [-0.4, -0.2) is 45.3 Å². The maximum Gasteiger partial charge on any atom is 0.340 e. The third kappa shape index (κ3) is 3.74. The summed E-state index contributed by atoms with van der Waals surface area (Å²) in [6, 6.07) is 6.74. The molecule has 12 heteroatoms. The van der Waals surface area contributed by atoms with Crippen LogP contribution < -0.4 is 11.2 Å². The first-order chi connectivity index (χ1) is 15.0. The molecule has 0 radical (unpaired) electrons. The molecular weight excluding hydrogens is 404 g/mol. The summed E-state index contributed by atoms with van der Waals surface area (Å²) in [5, 5.41) is 11.0. The highest BCUT2D eigenvalue weighted by Crippen LogP contribution is 2.16. The smallest absolute Gasteiger partial charge is 0.340 e. The van der Waals surface area contributed by atoms with E-state index in [1.54, 1.807) is 31.3 Å². The van der Waals surface area contributed by atoms with Crippen LogP contribution in [0.3, 0.4) is 0 Å². The summed E-state index contributed by atoms with van der Waals surface area (Å²) < 4.78 is 9.76. The number of fused-ring (bicyclic) bond motifs is 1. The van der Waals surface area contributed by atoms with Crippen molar-refractivity contribution in [1.29, 1.82) is 0 Å². The molecule has 0 atom stereocenters. The summed E-state index contributed by atoms with van der Waals surface area (Å²) in [5.74, 6) is -0.264. The van der Waals surface area contributed by atoms with Gasteiger partial charge in [-0.25, -0.2) is 14.6 Å². The highest BCUT2D eigenvalue weighted by atomic mass is 16.5. The number of esters is 1. The first-order valence-corrected chi connectivity index (χ1v) is 9.69. The number of hydrogen-bond acceptors (Lipinski definition) is 8. The van der Waals surface area contributed by atoms with Crippen LogP contribution in [0.25, 0.3) is 16.9 Å². The second kappa shape index (κ2) is 8.34. The van der Waals surface area contributed by atoms with Gasteiger partial charge in [0.2, 0.25) is 0 Å². The zero-order chi connectivity index (χ0) is 22.0. The van der Waals surface area contributed by atoms with Gasteiger partial charge in [0.1, 0.15) is 18.8 Å². The monoisotopic (exact) mass is 424 g/mol. The van der Waals surface area contributed by atoms with Crippen LogP contribution in [0.2, 0.25) is 0 Å². The molecule has 31 heavy (non-hydrogen) atoms. The van der Waals surface area contributed by atoms with Crippen molar-refractivity contribution in [3.05, 3.63) is 62.8 Å². The van der Waals surface area contributed by atoms with Gasteiger partial charge in [-0.05, 0) is 29.0 Å². The van der Waals surface area contributed by atoms with Gasteiger partial charge in [0.15, 0.2) is 11.2 Å². The minimum Gasteiger partial charge on any atom is -0.454 e. The molecule has 0 bridgehead atoms. The van der Waals surface area contributed by atoms with Gasteiger partial charge in [-0.3, -0.25) is 14.3 Å². The Hall–Kier alpha value is -4.09. The Balaban J connectivity index is 1.64. The number of imidazole rings is 1. The Labute approximate surface area is 175 Å². The van der Waals surface area contributed by atoms with Crippen molar-refractivity contribution in [3.63, 3.8) is 0 Å². The summed E-state index contributed by atoms with van der Waals surface area (Å²) in [6.07, 6.45) is 3.01. The predicted molar refractivity (Wildman–Crippen MR) is 109 cm³/mol. The van der Waals surface area contributed by atoms with Gasteiger partial charge in [-0.1, -0.05) is 25.5 Å².